The number of para-hydroxylation sites is 1. The molecular weight excluding hydrogens is 1190 g/mol. The lowest BCUT2D eigenvalue weighted by Gasteiger charge is -2.48. The lowest BCUT2D eigenvalue weighted by molar-refractivity contribution is 0.590. The van der Waals surface area contributed by atoms with Crippen LogP contribution in [0.15, 0.2) is 279 Å². The Balaban J connectivity index is 1.01. The molecule has 13 aromatic carbocycles. The minimum absolute atomic E-state index is 0.0360. The Morgan fingerprint density at radius 1 is 0.273 bits per heavy atom. The van der Waals surface area contributed by atoms with Crippen LogP contribution < -0.4 is 21.3 Å². The van der Waals surface area contributed by atoms with E-state index < -0.39 is 5.41 Å². The van der Waals surface area contributed by atoms with Crippen LogP contribution >= 0.6 is 0 Å². The van der Waals surface area contributed by atoms with Crippen LogP contribution in [0, 0.1) is 0 Å². The first kappa shape index (κ1) is 60.7. The molecule has 0 fully saturated rings. The molecule has 4 heterocycles. The van der Waals surface area contributed by atoms with E-state index in [9.17, 15) is 0 Å². The van der Waals surface area contributed by atoms with Crippen molar-refractivity contribution in [1.29, 1.82) is 0 Å². The highest BCUT2D eigenvalue weighted by molar-refractivity contribution is 6.99. The highest BCUT2D eigenvalue weighted by Gasteiger charge is 2.56. The third-order valence-electron chi connectivity index (χ3n) is 22.4. The van der Waals surface area contributed by atoms with Crippen LogP contribution in [-0.4, -0.2) is 15.8 Å². The van der Waals surface area contributed by atoms with Crippen molar-refractivity contribution in [3.05, 3.63) is 324 Å². The van der Waals surface area contributed by atoms with Gasteiger partial charge in [0, 0.05) is 55.4 Å². The van der Waals surface area contributed by atoms with Gasteiger partial charge in [-0.15, -0.1) is 0 Å². The molecule has 0 amide bonds. The van der Waals surface area contributed by atoms with Gasteiger partial charge < -0.3 is 14.0 Å². The molecule has 2 aliphatic heterocycles. The summed E-state index contributed by atoms with van der Waals surface area (Å²) in [6.45, 7) is 27.8. The molecule has 1 aliphatic carbocycles. The van der Waals surface area contributed by atoms with Gasteiger partial charge >= 0.3 is 0 Å². The fourth-order valence-electron chi connectivity index (χ4n) is 17.4. The summed E-state index contributed by atoms with van der Waals surface area (Å²) in [5, 5.41) is 5.11. The second-order valence-electron chi connectivity index (χ2n) is 32.5. The fraction of sp³-hybridized carbons (Fsp3) is 0.179. The van der Waals surface area contributed by atoms with E-state index in [1.54, 1.807) is 0 Å². The van der Waals surface area contributed by atoms with E-state index in [4.69, 9.17) is 0 Å². The number of nitrogens with zero attached hydrogens (tertiary/aromatic N) is 3. The summed E-state index contributed by atoms with van der Waals surface area (Å²) in [5.74, 6) is 0. The highest BCUT2D eigenvalue weighted by Crippen LogP contribution is 2.60. The van der Waals surface area contributed by atoms with Gasteiger partial charge in [-0.3, -0.25) is 0 Å². The predicted octanol–water partition coefficient (Wildman–Crippen LogP) is 23.0. The summed E-state index contributed by atoms with van der Waals surface area (Å²) in [5.41, 5.74) is 33.6. The molecular formula is C95H82BN3. The van der Waals surface area contributed by atoms with Crippen LogP contribution in [0.5, 0.6) is 0 Å². The molecule has 3 aliphatic rings. The Labute approximate surface area is 583 Å². The van der Waals surface area contributed by atoms with E-state index in [0.717, 1.165) is 45.0 Å². The van der Waals surface area contributed by atoms with Gasteiger partial charge in [0.25, 0.3) is 0 Å². The van der Waals surface area contributed by atoms with Crippen molar-refractivity contribution in [2.24, 2.45) is 0 Å². The molecule has 0 unspecified atom stereocenters. The summed E-state index contributed by atoms with van der Waals surface area (Å²) in [4.78, 5) is 2.73. The van der Waals surface area contributed by atoms with Gasteiger partial charge in [-0.1, -0.05) is 283 Å². The van der Waals surface area contributed by atoms with Crippen molar-refractivity contribution in [2.45, 2.75) is 110 Å². The summed E-state index contributed by atoms with van der Waals surface area (Å²) in [6, 6.07) is 109. The van der Waals surface area contributed by atoms with Gasteiger partial charge in [0.05, 0.1) is 33.2 Å². The van der Waals surface area contributed by atoms with Crippen LogP contribution in [0.4, 0.5) is 17.1 Å². The van der Waals surface area contributed by atoms with Crippen molar-refractivity contribution in [3.8, 4) is 55.9 Å². The Kier molecular flexibility index (Phi) is 13.3. The third kappa shape index (κ3) is 9.17. The number of aromatic nitrogens is 2. The quantitative estimate of drug-likeness (QED) is 0.151. The van der Waals surface area contributed by atoms with Crippen molar-refractivity contribution < 1.29 is 0 Å². The molecule has 3 nitrogen and oxygen atoms in total. The molecule has 0 N–H and O–H groups in total. The molecule has 1 spiro atoms. The summed E-state index contributed by atoms with van der Waals surface area (Å²) >= 11 is 0. The number of hydrogen-bond acceptors (Lipinski definition) is 1. The van der Waals surface area contributed by atoms with Gasteiger partial charge in [-0.05, 0) is 195 Å². The molecule has 0 radical (unpaired) electrons. The molecule has 0 saturated carbocycles. The maximum Gasteiger partial charge on any atom is 0.247 e. The average molecular weight is 1280 g/mol. The summed E-state index contributed by atoms with van der Waals surface area (Å²) < 4.78 is 5.15. The molecule has 0 saturated heterocycles. The number of hydrogen-bond donors (Lipinski definition) is 0. The van der Waals surface area contributed by atoms with Crippen LogP contribution in [0.1, 0.15) is 128 Å². The molecule has 0 atom stereocenters. The van der Waals surface area contributed by atoms with E-state index in [1.165, 1.54) is 132 Å². The zero-order valence-corrected chi connectivity index (χ0v) is 59.0. The topological polar surface area (TPSA) is 13.1 Å². The van der Waals surface area contributed by atoms with Crippen LogP contribution in [0.3, 0.4) is 0 Å². The monoisotopic (exact) mass is 1280 g/mol. The molecule has 4 heteroatoms. The summed E-state index contributed by atoms with van der Waals surface area (Å²) in [6.07, 6.45) is 0. The maximum absolute atomic E-state index is 2.73. The Bertz CT molecular complexity index is 5590. The number of benzene rings is 13. The zero-order chi connectivity index (χ0) is 67.8. The summed E-state index contributed by atoms with van der Waals surface area (Å²) in [7, 11) is 0. The van der Waals surface area contributed by atoms with Crippen LogP contribution in [0.2, 0.25) is 0 Å². The zero-order valence-electron chi connectivity index (χ0n) is 59.0. The van der Waals surface area contributed by atoms with E-state index in [-0.39, 0.29) is 28.4 Å². The van der Waals surface area contributed by atoms with Crippen molar-refractivity contribution >= 4 is 83.8 Å². The first-order valence-corrected chi connectivity index (χ1v) is 35.6. The largest absolute Gasteiger partial charge is 0.310 e. The SMILES string of the molecule is CC(C)(C)c1ccc2c(c1)c1cc(C(C)(C)C)ccc1n2-c1ccc2c(c1)N(c1c(-c3ccccc3)cccc1-c1ccccc1)c1cc(-c3ccccc3)cc3c1B2c1ccc(-n2c4ccc(C(C)(C)C)cc4c4cc(C(C)(C)C)ccc42)cc1C31c2ccccc2-c2ccccc21. The molecule has 18 rings (SSSR count). The van der Waals surface area contributed by atoms with Gasteiger partial charge in [-0.25, -0.2) is 0 Å². The standard InChI is InChI=1S/C95H82BN3/c1-91(2,3)63-39-47-83-73(53-63)74-54-64(92(4,5)6)40-48-84(74)97(83)67-43-45-81-79(57-67)95(77-37-24-22-33-71(77)72-34-23-25-38-78(72)95)80-51-62(59-27-16-13-17-28-59)52-88-89(80)96(81)82-46-44-68(98-85-49-41-65(93(7,8)9)55-75(85)76-56-66(94(10,11)12)42-50-86(76)98)58-87(82)99(88)90-69(60-29-18-14-19-30-60)35-26-36-70(90)61-31-20-15-21-32-61/h13-58H,1-12H3. The Morgan fingerprint density at radius 3 is 1.09 bits per heavy atom. The fourth-order valence-corrected chi connectivity index (χ4v) is 17.4. The molecule has 0 bridgehead atoms. The van der Waals surface area contributed by atoms with Crippen LogP contribution in [-0.2, 0) is 27.1 Å². The van der Waals surface area contributed by atoms with Crippen molar-refractivity contribution in [3.63, 3.8) is 0 Å². The normalized spacial score (nSPS) is 13.9. The number of rotatable bonds is 6. The third-order valence-corrected chi connectivity index (χ3v) is 22.4. The van der Waals surface area contributed by atoms with E-state index in [1.807, 2.05) is 0 Å². The molecule has 99 heavy (non-hydrogen) atoms. The number of anilines is 3. The van der Waals surface area contributed by atoms with Gasteiger partial charge in [-0.2, -0.15) is 0 Å². The van der Waals surface area contributed by atoms with E-state index >= 15 is 0 Å². The lowest BCUT2D eigenvalue weighted by atomic mass is 9.29. The minimum atomic E-state index is -0.771. The first-order valence-electron chi connectivity index (χ1n) is 35.6. The predicted molar refractivity (Wildman–Crippen MR) is 423 cm³/mol. The smallest absolute Gasteiger partial charge is 0.247 e. The second kappa shape index (κ2) is 21.7. The first-order chi connectivity index (χ1) is 47.6. The maximum atomic E-state index is 2.73. The van der Waals surface area contributed by atoms with Crippen molar-refractivity contribution in [2.75, 3.05) is 4.90 Å². The molecule has 480 valence electrons. The van der Waals surface area contributed by atoms with E-state index in [0.29, 0.717) is 0 Å². The number of fused-ring (bicyclic) bond motifs is 17. The average Bonchev–Trinajstić information content (AvgIpc) is 1.64. The van der Waals surface area contributed by atoms with E-state index in [2.05, 4.69) is 376 Å². The Hall–Kier alpha value is -10.7. The second-order valence-corrected chi connectivity index (χ2v) is 32.5. The van der Waals surface area contributed by atoms with Gasteiger partial charge in [0.15, 0.2) is 0 Å². The van der Waals surface area contributed by atoms with Crippen LogP contribution in [0.25, 0.3) is 99.5 Å². The lowest BCUT2D eigenvalue weighted by Crippen LogP contribution is -2.65. The van der Waals surface area contributed by atoms with Gasteiger partial charge in [0.2, 0.25) is 6.71 Å². The van der Waals surface area contributed by atoms with Gasteiger partial charge in [0.1, 0.15) is 0 Å². The minimum Gasteiger partial charge on any atom is -0.310 e. The van der Waals surface area contributed by atoms with Crippen molar-refractivity contribution in [1.82, 2.24) is 9.13 Å². The molecule has 2 aromatic heterocycles. The molecule has 15 aromatic rings. The highest BCUT2D eigenvalue weighted by atomic mass is 15.2. The Morgan fingerprint density at radius 2 is 0.657 bits per heavy atom.